The normalized spacial score (nSPS) is 18.0. The zero-order valence-corrected chi connectivity index (χ0v) is 17.5. The van der Waals surface area contributed by atoms with Crippen molar-refractivity contribution in [3.8, 4) is 0 Å². The molecular formula is C23H44N2O. The highest BCUT2D eigenvalue weighted by atomic mass is 16.3. The van der Waals surface area contributed by atoms with Gasteiger partial charge in [-0.05, 0) is 45.4 Å². The Hall–Kier alpha value is -0.960. The molecular weight excluding hydrogens is 320 g/mol. The number of aliphatic hydroxyl groups excluding tert-OH is 1. The quantitative estimate of drug-likeness (QED) is 0.230. The summed E-state index contributed by atoms with van der Waals surface area (Å²) in [7, 11) is 0. The molecule has 0 saturated heterocycles. The Morgan fingerprint density at radius 1 is 0.885 bits per heavy atom. The lowest BCUT2D eigenvalue weighted by Crippen LogP contribution is -2.40. The van der Waals surface area contributed by atoms with E-state index >= 15 is 0 Å². The molecule has 0 aromatic rings. The van der Waals surface area contributed by atoms with Crippen LogP contribution in [-0.4, -0.2) is 22.4 Å². The molecule has 2 atom stereocenters. The zero-order valence-electron chi connectivity index (χ0n) is 17.5. The zero-order chi connectivity index (χ0) is 18.9. The maximum absolute atomic E-state index is 9.68. The molecule has 0 aromatic heterocycles. The van der Waals surface area contributed by atoms with Crippen molar-refractivity contribution in [2.24, 2.45) is 0 Å². The molecule has 1 heterocycles. The van der Waals surface area contributed by atoms with Crippen molar-refractivity contribution in [1.29, 1.82) is 0 Å². The maximum Gasteiger partial charge on any atom is 0.125 e. The minimum atomic E-state index is -0.410. The minimum Gasteiger partial charge on any atom is -0.374 e. The lowest BCUT2D eigenvalue weighted by Gasteiger charge is -2.28. The molecule has 152 valence electrons. The van der Waals surface area contributed by atoms with Gasteiger partial charge in [0.25, 0.3) is 0 Å². The minimum absolute atomic E-state index is 0.269. The van der Waals surface area contributed by atoms with Crippen molar-refractivity contribution < 1.29 is 5.11 Å². The summed E-state index contributed by atoms with van der Waals surface area (Å²) in [5, 5.41) is 13.0. The van der Waals surface area contributed by atoms with Gasteiger partial charge in [0, 0.05) is 12.4 Å². The number of rotatable bonds is 17. The van der Waals surface area contributed by atoms with E-state index in [1.807, 2.05) is 24.2 Å². The second kappa shape index (κ2) is 16.2. The van der Waals surface area contributed by atoms with Crippen molar-refractivity contribution in [2.45, 2.75) is 123 Å². The molecule has 2 unspecified atom stereocenters. The molecule has 0 saturated carbocycles. The number of nitrogens with zero attached hydrogens (tertiary/aromatic N) is 1. The fraction of sp³-hybridized carbons (Fsp3) is 0.826. The van der Waals surface area contributed by atoms with Crippen molar-refractivity contribution in [1.82, 2.24) is 10.2 Å². The summed E-state index contributed by atoms with van der Waals surface area (Å²) in [4.78, 5) is 1.99. The molecule has 0 amide bonds. The fourth-order valence-electron chi connectivity index (χ4n) is 3.63. The van der Waals surface area contributed by atoms with Gasteiger partial charge in [0.2, 0.25) is 0 Å². The van der Waals surface area contributed by atoms with Crippen LogP contribution in [0.2, 0.25) is 0 Å². The van der Waals surface area contributed by atoms with Gasteiger partial charge in [-0.1, -0.05) is 76.9 Å². The highest BCUT2D eigenvalue weighted by Gasteiger charge is 2.20. The Bertz CT molecular complexity index is 365. The van der Waals surface area contributed by atoms with Gasteiger partial charge in [0.05, 0.1) is 0 Å². The average molecular weight is 365 g/mol. The first-order valence-corrected chi connectivity index (χ1v) is 11.3. The third-order valence-electron chi connectivity index (χ3n) is 5.32. The molecule has 0 radical (unpaired) electrons. The molecule has 1 aliphatic heterocycles. The lowest BCUT2D eigenvalue weighted by atomic mass is 10.1. The molecule has 26 heavy (non-hydrogen) atoms. The van der Waals surface area contributed by atoms with E-state index in [2.05, 4.69) is 24.4 Å². The molecule has 2 N–H and O–H groups in total. The highest BCUT2D eigenvalue weighted by molar-refractivity contribution is 4.94. The van der Waals surface area contributed by atoms with Gasteiger partial charge < -0.3 is 15.3 Å². The number of nitrogens with one attached hydrogen (secondary N) is 1. The fourth-order valence-corrected chi connectivity index (χ4v) is 3.63. The molecule has 0 bridgehead atoms. The summed E-state index contributed by atoms with van der Waals surface area (Å²) in [5.41, 5.74) is 0. The first-order valence-electron chi connectivity index (χ1n) is 11.3. The third-order valence-corrected chi connectivity index (χ3v) is 5.32. The Morgan fingerprint density at radius 2 is 1.42 bits per heavy atom. The molecule has 0 spiro atoms. The van der Waals surface area contributed by atoms with Crippen LogP contribution in [0.3, 0.4) is 0 Å². The van der Waals surface area contributed by atoms with Gasteiger partial charge >= 0.3 is 0 Å². The van der Waals surface area contributed by atoms with E-state index in [1.165, 1.54) is 89.9 Å². The summed E-state index contributed by atoms with van der Waals surface area (Å²) in [6.07, 6.45) is 28.6. The molecule has 3 heteroatoms. The first-order chi connectivity index (χ1) is 12.8. The van der Waals surface area contributed by atoms with Crippen LogP contribution in [0.5, 0.6) is 0 Å². The van der Waals surface area contributed by atoms with Crippen LogP contribution in [0.4, 0.5) is 0 Å². The topological polar surface area (TPSA) is 35.5 Å². The van der Waals surface area contributed by atoms with Crippen LogP contribution in [0.25, 0.3) is 0 Å². The van der Waals surface area contributed by atoms with E-state index in [1.54, 1.807) is 0 Å². The van der Waals surface area contributed by atoms with Gasteiger partial charge in [-0.3, -0.25) is 0 Å². The number of allylic oxidation sites excluding steroid dienone is 2. The van der Waals surface area contributed by atoms with Crippen molar-refractivity contribution in [3.63, 3.8) is 0 Å². The Labute approximate surface area is 162 Å². The Kier molecular flexibility index (Phi) is 14.4. The number of aliphatic hydroxyl groups is 1. The van der Waals surface area contributed by atoms with Crippen LogP contribution in [0.1, 0.15) is 110 Å². The van der Waals surface area contributed by atoms with Crippen LogP contribution in [0, 0.1) is 0 Å². The summed E-state index contributed by atoms with van der Waals surface area (Å²) in [6.45, 7) is 4.10. The van der Waals surface area contributed by atoms with Gasteiger partial charge in [-0.15, -0.1) is 0 Å². The van der Waals surface area contributed by atoms with Crippen molar-refractivity contribution >= 4 is 0 Å². The molecule has 0 aromatic carbocycles. The van der Waals surface area contributed by atoms with Crippen molar-refractivity contribution in [2.75, 3.05) is 0 Å². The van der Waals surface area contributed by atoms with Gasteiger partial charge in [-0.2, -0.15) is 0 Å². The van der Waals surface area contributed by atoms with E-state index in [4.69, 9.17) is 0 Å². The molecule has 1 aliphatic rings. The van der Waals surface area contributed by atoms with Crippen LogP contribution < -0.4 is 5.32 Å². The average Bonchev–Trinajstić information content (AvgIpc) is 3.10. The van der Waals surface area contributed by atoms with Gasteiger partial charge in [0.1, 0.15) is 12.4 Å². The lowest BCUT2D eigenvalue weighted by molar-refractivity contribution is 0.0255. The Balaban J connectivity index is 1.81. The molecule has 0 aliphatic carbocycles. The molecule has 3 nitrogen and oxygen atoms in total. The number of hydrogen-bond acceptors (Lipinski definition) is 3. The second-order valence-corrected chi connectivity index (χ2v) is 7.80. The first kappa shape index (κ1) is 23.1. The summed E-state index contributed by atoms with van der Waals surface area (Å²) in [6, 6.07) is 0. The predicted octanol–water partition coefficient (Wildman–Crippen LogP) is 6.45. The van der Waals surface area contributed by atoms with E-state index in [9.17, 15) is 5.11 Å². The van der Waals surface area contributed by atoms with E-state index < -0.39 is 6.23 Å². The monoisotopic (exact) mass is 364 g/mol. The van der Waals surface area contributed by atoms with Gasteiger partial charge in [-0.25, -0.2) is 0 Å². The van der Waals surface area contributed by atoms with Crippen LogP contribution in [-0.2, 0) is 0 Å². The third kappa shape index (κ3) is 11.6. The SMILES string of the molecule is CCCCCCCCCCCC/C=C/CCCCC1NC=CN1C(C)O. The summed E-state index contributed by atoms with van der Waals surface area (Å²) in [5.74, 6) is 0. The smallest absolute Gasteiger partial charge is 0.125 e. The largest absolute Gasteiger partial charge is 0.374 e. The molecule has 0 fully saturated rings. The Morgan fingerprint density at radius 3 is 2.00 bits per heavy atom. The van der Waals surface area contributed by atoms with E-state index in [0.717, 1.165) is 6.42 Å². The summed E-state index contributed by atoms with van der Waals surface area (Å²) >= 11 is 0. The van der Waals surface area contributed by atoms with Crippen LogP contribution in [0.15, 0.2) is 24.6 Å². The highest BCUT2D eigenvalue weighted by Crippen LogP contribution is 2.15. The molecule has 1 rings (SSSR count). The number of unbranched alkanes of at least 4 members (excludes halogenated alkanes) is 12. The predicted molar refractivity (Wildman–Crippen MR) is 114 cm³/mol. The van der Waals surface area contributed by atoms with Crippen molar-refractivity contribution in [3.05, 3.63) is 24.6 Å². The summed E-state index contributed by atoms with van der Waals surface area (Å²) < 4.78 is 0. The van der Waals surface area contributed by atoms with E-state index in [0.29, 0.717) is 0 Å². The van der Waals surface area contributed by atoms with Crippen LogP contribution >= 0.6 is 0 Å². The second-order valence-electron chi connectivity index (χ2n) is 7.80. The standard InChI is InChI=1S/C23H44N2O/c1-3-4-5-6-7-8-9-10-11-12-13-14-15-16-17-18-19-23-24-20-21-25(23)22(2)26/h14-15,20-24,26H,3-13,16-19H2,1-2H3/b15-14+. The number of hydrogen-bond donors (Lipinski definition) is 2. The maximum atomic E-state index is 9.68. The van der Waals surface area contributed by atoms with Gasteiger partial charge in [0.15, 0.2) is 0 Å². The van der Waals surface area contributed by atoms with E-state index in [-0.39, 0.29) is 6.17 Å².